The van der Waals surface area contributed by atoms with Crippen LogP contribution in [0.2, 0.25) is 0 Å². The van der Waals surface area contributed by atoms with Crippen molar-refractivity contribution in [2.75, 3.05) is 20.2 Å². The van der Waals surface area contributed by atoms with Crippen molar-refractivity contribution in [2.24, 2.45) is 0 Å². The number of methoxy groups -OCH3 is 1. The minimum atomic E-state index is 0.0149. The monoisotopic (exact) mass is 327 g/mol. The lowest BCUT2D eigenvalue weighted by Crippen LogP contribution is -2.36. The summed E-state index contributed by atoms with van der Waals surface area (Å²) < 4.78 is 10.5. The van der Waals surface area contributed by atoms with Gasteiger partial charge in [0.15, 0.2) is 5.82 Å². The quantitative estimate of drug-likeness (QED) is 0.808. The Morgan fingerprint density at radius 3 is 2.75 bits per heavy atom. The van der Waals surface area contributed by atoms with E-state index in [1.165, 1.54) is 0 Å². The average molecular weight is 327 g/mol. The Kier molecular flexibility index (Phi) is 4.93. The van der Waals surface area contributed by atoms with E-state index in [1.807, 2.05) is 36.1 Å². The number of ether oxygens (including phenoxy) is 1. The minimum absolute atomic E-state index is 0.0149. The van der Waals surface area contributed by atoms with Crippen LogP contribution >= 0.6 is 0 Å². The van der Waals surface area contributed by atoms with Crippen LogP contribution in [0.4, 0.5) is 0 Å². The third-order valence-electron chi connectivity index (χ3n) is 4.24. The molecule has 1 aromatic heterocycles. The molecule has 0 radical (unpaired) electrons. The zero-order valence-electron chi connectivity index (χ0n) is 13.9. The molecule has 126 valence electrons. The predicted octanol–water partition coefficient (Wildman–Crippen LogP) is 2.81. The zero-order valence-corrected chi connectivity index (χ0v) is 13.9. The molecule has 0 spiro atoms. The summed E-state index contributed by atoms with van der Waals surface area (Å²) in [7, 11) is 1.62. The molecule has 1 aromatic carbocycles. The van der Waals surface area contributed by atoms with E-state index in [-0.39, 0.29) is 11.8 Å². The second-order valence-electron chi connectivity index (χ2n) is 5.85. The van der Waals surface area contributed by atoms with Crippen molar-refractivity contribution in [3.63, 3.8) is 0 Å². The Bertz CT molecular complexity index is 731. The van der Waals surface area contributed by atoms with Gasteiger partial charge in [0, 0.05) is 30.6 Å². The maximum Gasteiger partial charge on any atom is 0.246 e. The number of hydrogen-bond donors (Lipinski definition) is 0. The summed E-state index contributed by atoms with van der Waals surface area (Å²) in [6, 6.07) is 7.63. The topological polar surface area (TPSA) is 68.5 Å². The van der Waals surface area contributed by atoms with E-state index in [2.05, 4.69) is 10.1 Å². The standard InChI is InChI=1S/C18H21N3O3/c1-13-19-18(24-20-13)15-9-11-21(12-10-15)17(22)8-7-14-5-3-4-6-16(14)23-2/h3-8,15H,9-12H2,1-2H3/b8-7-. The van der Waals surface area contributed by atoms with E-state index < -0.39 is 0 Å². The van der Waals surface area contributed by atoms with Crippen LogP contribution in [0.3, 0.4) is 0 Å². The van der Waals surface area contributed by atoms with Crippen LogP contribution in [0.5, 0.6) is 5.75 Å². The number of aromatic nitrogens is 2. The molecule has 6 nitrogen and oxygen atoms in total. The van der Waals surface area contributed by atoms with E-state index in [9.17, 15) is 4.79 Å². The summed E-state index contributed by atoms with van der Waals surface area (Å²) in [5, 5.41) is 3.84. The largest absolute Gasteiger partial charge is 0.496 e. The maximum atomic E-state index is 12.4. The lowest BCUT2D eigenvalue weighted by Gasteiger charge is -2.29. The summed E-state index contributed by atoms with van der Waals surface area (Å²) >= 11 is 0. The number of benzene rings is 1. The zero-order chi connectivity index (χ0) is 16.9. The molecule has 1 saturated heterocycles. The molecule has 24 heavy (non-hydrogen) atoms. The second kappa shape index (κ2) is 7.29. The summed E-state index contributed by atoms with van der Waals surface area (Å²) in [5.74, 6) is 2.36. The number of carbonyl (C=O) groups excluding carboxylic acids is 1. The fourth-order valence-corrected chi connectivity index (χ4v) is 2.90. The van der Waals surface area contributed by atoms with E-state index >= 15 is 0 Å². The molecule has 1 amide bonds. The highest BCUT2D eigenvalue weighted by atomic mass is 16.5. The van der Waals surface area contributed by atoms with Gasteiger partial charge in [-0.05, 0) is 31.9 Å². The van der Waals surface area contributed by atoms with Crippen LogP contribution in [-0.4, -0.2) is 41.1 Å². The van der Waals surface area contributed by atoms with Crippen molar-refractivity contribution in [2.45, 2.75) is 25.7 Å². The number of para-hydroxylation sites is 1. The van der Waals surface area contributed by atoms with Gasteiger partial charge in [-0.1, -0.05) is 23.4 Å². The molecular weight excluding hydrogens is 306 g/mol. The maximum absolute atomic E-state index is 12.4. The summed E-state index contributed by atoms with van der Waals surface area (Å²) in [5.41, 5.74) is 0.893. The van der Waals surface area contributed by atoms with Crippen LogP contribution in [-0.2, 0) is 4.79 Å². The first kappa shape index (κ1) is 16.2. The number of carbonyl (C=O) groups is 1. The van der Waals surface area contributed by atoms with Crippen molar-refractivity contribution in [1.82, 2.24) is 15.0 Å². The lowest BCUT2D eigenvalue weighted by atomic mass is 9.96. The van der Waals surface area contributed by atoms with Gasteiger partial charge in [-0.3, -0.25) is 4.79 Å². The molecule has 3 rings (SSSR count). The van der Waals surface area contributed by atoms with E-state index in [4.69, 9.17) is 9.26 Å². The molecule has 0 bridgehead atoms. The molecule has 0 N–H and O–H groups in total. The molecule has 0 atom stereocenters. The van der Waals surface area contributed by atoms with Crippen molar-refractivity contribution >= 4 is 12.0 Å². The van der Waals surface area contributed by atoms with Crippen molar-refractivity contribution in [1.29, 1.82) is 0 Å². The molecule has 2 heterocycles. The van der Waals surface area contributed by atoms with Gasteiger partial charge in [0.25, 0.3) is 0 Å². The number of aryl methyl sites for hydroxylation is 1. The molecule has 0 unspecified atom stereocenters. The number of likely N-dealkylation sites (tertiary alicyclic amines) is 1. The molecule has 1 fully saturated rings. The van der Waals surface area contributed by atoms with Gasteiger partial charge in [0.05, 0.1) is 7.11 Å². The van der Waals surface area contributed by atoms with Gasteiger partial charge in [-0.25, -0.2) is 0 Å². The van der Waals surface area contributed by atoms with Crippen molar-refractivity contribution < 1.29 is 14.1 Å². The molecule has 2 aromatic rings. The summed E-state index contributed by atoms with van der Waals surface area (Å²) in [4.78, 5) is 18.5. The first-order valence-electron chi connectivity index (χ1n) is 8.07. The van der Waals surface area contributed by atoms with Gasteiger partial charge >= 0.3 is 0 Å². The smallest absolute Gasteiger partial charge is 0.246 e. The highest BCUT2D eigenvalue weighted by Gasteiger charge is 2.26. The fourth-order valence-electron chi connectivity index (χ4n) is 2.90. The van der Waals surface area contributed by atoms with E-state index in [0.717, 1.165) is 24.2 Å². The van der Waals surface area contributed by atoms with Crippen LogP contribution in [0, 0.1) is 6.92 Å². The minimum Gasteiger partial charge on any atom is -0.496 e. The molecule has 1 aliphatic heterocycles. The number of amides is 1. The highest BCUT2D eigenvalue weighted by molar-refractivity contribution is 5.92. The van der Waals surface area contributed by atoms with E-state index in [1.54, 1.807) is 19.3 Å². The number of rotatable bonds is 4. The van der Waals surface area contributed by atoms with Gasteiger partial charge in [0.1, 0.15) is 5.75 Å². The normalized spacial score (nSPS) is 15.8. The van der Waals surface area contributed by atoms with Crippen LogP contribution in [0.1, 0.15) is 36.0 Å². The van der Waals surface area contributed by atoms with Crippen LogP contribution in [0.15, 0.2) is 34.9 Å². The van der Waals surface area contributed by atoms with Gasteiger partial charge < -0.3 is 14.2 Å². The molecular formula is C18H21N3O3. The molecule has 0 saturated carbocycles. The number of piperidine rings is 1. The first-order valence-corrected chi connectivity index (χ1v) is 8.07. The molecule has 6 heteroatoms. The Morgan fingerprint density at radius 1 is 1.33 bits per heavy atom. The third-order valence-corrected chi connectivity index (χ3v) is 4.24. The Labute approximate surface area is 141 Å². The van der Waals surface area contributed by atoms with Gasteiger partial charge in [0.2, 0.25) is 11.8 Å². The summed E-state index contributed by atoms with van der Waals surface area (Å²) in [6.45, 7) is 3.21. The third kappa shape index (κ3) is 3.64. The average Bonchev–Trinajstić information content (AvgIpc) is 3.06. The number of hydrogen-bond acceptors (Lipinski definition) is 5. The predicted molar refractivity (Wildman–Crippen MR) is 89.6 cm³/mol. The van der Waals surface area contributed by atoms with Gasteiger partial charge in [-0.2, -0.15) is 4.98 Å². The number of nitrogens with zero attached hydrogens (tertiary/aromatic N) is 3. The first-order chi connectivity index (χ1) is 11.7. The molecule has 1 aliphatic rings. The van der Waals surface area contributed by atoms with Crippen LogP contribution in [0.25, 0.3) is 6.08 Å². The Hall–Kier alpha value is -2.63. The SMILES string of the molecule is COc1ccccc1/C=C\C(=O)N1CCC(c2nc(C)no2)CC1. The van der Waals surface area contributed by atoms with Crippen molar-refractivity contribution in [3.05, 3.63) is 47.6 Å². The summed E-state index contributed by atoms with van der Waals surface area (Å²) in [6.07, 6.45) is 5.09. The second-order valence-corrected chi connectivity index (χ2v) is 5.85. The fraction of sp³-hybridized carbons (Fsp3) is 0.389. The Balaban J connectivity index is 1.58. The van der Waals surface area contributed by atoms with Gasteiger partial charge in [-0.15, -0.1) is 0 Å². The van der Waals surface area contributed by atoms with Crippen LogP contribution < -0.4 is 4.74 Å². The molecule has 0 aliphatic carbocycles. The van der Waals surface area contributed by atoms with Crippen molar-refractivity contribution in [3.8, 4) is 5.75 Å². The van der Waals surface area contributed by atoms with E-state index in [0.29, 0.717) is 24.8 Å². The lowest BCUT2D eigenvalue weighted by molar-refractivity contribution is -0.127. The Morgan fingerprint density at radius 2 is 2.08 bits per heavy atom. The highest BCUT2D eigenvalue weighted by Crippen LogP contribution is 2.27.